The van der Waals surface area contributed by atoms with Gasteiger partial charge in [0.25, 0.3) is 0 Å². The Morgan fingerprint density at radius 3 is 2.60 bits per heavy atom. The Labute approximate surface area is 119 Å². The maximum atomic E-state index is 13.6. The number of rotatable bonds is 7. The van der Waals surface area contributed by atoms with Gasteiger partial charge in [-0.1, -0.05) is 0 Å². The maximum Gasteiger partial charge on any atom is 0.163 e. The average molecular weight is 283 g/mol. The third kappa shape index (κ3) is 4.28. The molecule has 0 fully saturated rings. The number of ketones is 1. The second-order valence-electron chi connectivity index (χ2n) is 5.07. The lowest BCUT2D eigenvalue weighted by atomic mass is 10.0. The second-order valence-corrected chi connectivity index (χ2v) is 5.07. The molecule has 1 aromatic carbocycles. The number of aromatic hydroxyl groups is 1. The molecule has 0 atom stereocenters. The van der Waals surface area contributed by atoms with Crippen molar-refractivity contribution in [2.45, 2.75) is 33.4 Å². The summed E-state index contributed by atoms with van der Waals surface area (Å²) >= 11 is 0. The summed E-state index contributed by atoms with van der Waals surface area (Å²) in [7, 11) is 1.62. The van der Waals surface area contributed by atoms with Crippen molar-refractivity contribution in [1.82, 2.24) is 4.90 Å². The number of hydrogen-bond acceptors (Lipinski definition) is 4. The van der Waals surface area contributed by atoms with Crippen molar-refractivity contribution in [3.05, 3.63) is 29.1 Å². The minimum atomic E-state index is -0.515. The molecule has 0 aromatic heterocycles. The Hall–Kier alpha value is -1.46. The molecule has 0 heterocycles. The highest BCUT2D eigenvalue weighted by molar-refractivity contribution is 5.97. The van der Waals surface area contributed by atoms with Gasteiger partial charge < -0.3 is 9.84 Å². The van der Waals surface area contributed by atoms with E-state index in [1.54, 1.807) is 7.11 Å². The Morgan fingerprint density at radius 1 is 1.45 bits per heavy atom. The number of carbonyl (C=O) groups excluding carboxylic acids is 1. The molecule has 0 aliphatic carbocycles. The summed E-state index contributed by atoms with van der Waals surface area (Å²) in [6.07, 6.45) is 0. The van der Waals surface area contributed by atoms with Crippen molar-refractivity contribution in [3.63, 3.8) is 0 Å². The van der Waals surface area contributed by atoms with Gasteiger partial charge in [-0.2, -0.15) is 0 Å². The summed E-state index contributed by atoms with van der Waals surface area (Å²) in [5.74, 6) is -1.00. The van der Waals surface area contributed by atoms with Crippen LogP contribution in [0.3, 0.4) is 0 Å². The molecule has 0 saturated carbocycles. The number of benzene rings is 1. The summed E-state index contributed by atoms with van der Waals surface area (Å²) in [5.41, 5.74) is 0.440. The van der Waals surface area contributed by atoms with Crippen molar-refractivity contribution in [3.8, 4) is 5.75 Å². The zero-order chi connectivity index (χ0) is 15.3. The number of Topliss-reactive ketones (excluding diaryl/α,β-unsaturated/α-hetero) is 1. The average Bonchev–Trinajstić information content (AvgIpc) is 2.37. The summed E-state index contributed by atoms with van der Waals surface area (Å²) in [5, 5.41) is 10.1. The van der Waals surface area contributed by atoms with E-state index in [1.165, 1.54) is 13.0 Å². The van der Waals surface area contributed by atoms with E-state index in [-0.39, 0.29) is 23.1 Å². The number of methoxy groups -OCH3 is 1. The standard InChI is InChI=1S/C15H22FNO3/c1-10(2)17(5-6-20-4)9-12-7-13(16)8-14(11(3)18)15(12)19/h7-8,10,19H,5-6,9H2,1-4H3. The van der Waals surface area contributed by atoms with Crippen LogP contribution in [0.5, 0.6) is 5.75 Å². The smallest absolute Gasteiger partial charge is 0.163 e. The van der Waals surface area contributed by atoms with E-state index >= 15 is 0 Å². The highest BCUT2D eigenvalue weighted by Gasteiger charge is 2.17. The number of nitrogens with zero attached hydrogens (tertiary/aromatic N) is 1. The van der Waals surface area contributed by atoms with Crippen molar-refractivity contribution in [2.75, 3.05) is 20.3 Å². The molecule has 0 aliphatic heterocycles. The lowest BCUT2D eigenvalue weighted by Crippen LogP contribution is -2.33. The van der Waals surface area contributed by atoms with Crippen molar-refractivity contribution in [2.24, 2.45) is 0 Å². The molecule has 20 heavy (non-hydrogen) atoms. The Kier molecular flexibility index (Phi) is 6.10. The van der Waals surface area contributed by atoms with Crippen LogP contribution in [0, 0.1) is 5.82 Å². The zero-order valence-corrected chi connectivity index (χ0v) is 12.4. The molecule has 112 valence electrons. The third-order valence-electron chi connectivity index (χ3n) is 3.22. The van der Waals surface area contributed by atoms with Crippen LogP contribution in [0.2, 0.25) is 0 Å². The quantitative estimate of drug-likeness (QED) is 0.781. The topological polar surface area (TPSA) is 49.8 Å². The van der Waals surface area contributed by atoms with Crippen LogP contribution in [0.15, 0.2) is 12.1 Å². The van der Waals surface area contributed by atoms with Gasteiger partial charge in [0.2, 0.25) is 0 Å². The van der Waals surface area contributed by atoms with E-state index in [1.807, 2.05) is 18.7 Å². The predicted octanol–water partition coefficient (Wildman–Crippen LogP) is 2.59. The number of phenols is 1. The molecule has 0 bridgehead atoms. The molecule has 0 unspecified atom stereocenters. The summed E-state index contributed by atoms with van der Waals surface area (Å²) < 4.78 is 18.6. The van der Waals surface area contributed by atoms with Crippen molar-refractivity contribution < 1.29 is 19.0 Å². The number of ether oxygens (including phenoxy) is 1. The minimum Gasteiger partial charge on any atom is -0.507 e. The first-order chi connectivity index (χ1) is 9.36. The number of phenolic OH excluding ortho intramolecular Hbond substituents is 1. The van der Waals surface area contributed by atoms with Gasteiger partial charge >= 0.3 is 0 Å². The molecule has 1 aromatic rings. The molecule has 5 heteroatoms. The van der Waals surface area contributed by atoms with Gasteiger partial charge in [0.05, 0.1) is 12.2 Å². The van der Waals surface area contributed by atoms with E-state index in [2.05, 4.69) is 0 Å². The van der Waals surface area contributed by atoms with Gasteiger partial charge in [-0.15, -0.1) is 0 Å². The number of hydrogen-bond donors (Lipinski definition) is 1. The lowest BCUT2D eigenvalue weighted by molar-refractivity contribution is 0.101. The van der Waals surface area contributed by atoms with Crippen LogP contribution < -0.4 is 0 Å². The van der Waals surface area contributed by atoms with Crippen molar-refractivity contribution in [1.29, 1.82) is 0 Å². The first-order valence-corrected chi connectivity index (χ1v) is 6.62. The van der Waals surface area contributed by atoms with Gasteiger partial charge in [-0.3, -0.25) is 9.69 Å². The molecule has 1 rings (SSSR count). The predicted molar refractivity (Wildman–Crippen MR) is 75.5 cm³/mol. The van der Waals surface area contributed by atoms with E-state index in [9.17, 15) is 14.3 Å². The zero-order valence-electron chi connectivity index (χ0n) is 12.4. The monoisotopic (exact) mass is 283 g/mol. The van der Waals surface area contributed by atoms with Gasteiger partial charge in [0.15, 0.2) is 5.78 Å². The van der Waals surface area contributed by atoms with Crippen LogP contribution in [0.25, 0.3) is 0 Å². The molecule has 0 spiro atoms. The lowest BCUT2D eigenvalue weighted by Gasteiger charge is -2.26. The van der Waals surface area contributed by atoms with Crippen LogP contribution in [0.4, 0.5) is 4.39 Å². The molecular weight excluding hydrogens is 261 g/mol. The highest BCUT2D eigenvalue weighted by Crippen LogP contribution is 2.26. The fraction of sp³-hybridized carbons (Fsp3) is 0.533. The fourth-order valence-corrected chi connectivity index (χ4v) is 1.99. The fourth-order valence-electron chi connectivity index (χ4n) is 1.99. The SMILES string of the molecule is COCCN(Cc1cc(F)cc(C(C)=O)c1O)C(C)C. The van der Waals surface area contributed by atoms with Crippen LogP contribution >= 0.6 is 0 Å². The highest BCUT2D eigenvalue weighted by atomic mass is 19.1. The third-order valence-corrected chi connectivity index (χ3v) is 3.22. The first kappa shape index (κ1) is 16.6. The molecular formula is C15H22FNO3. The van der Waals surface area contributed by atoms with Crippen molar-refractivity contribution >= 4 is 5.78 Å². The number of halogens is 1. The Bertz CT molecular complexity index is 474. The molecule has 1 N–H and O–H groups in total. The summed E-state index contributed by atoms with van der Waals surface area (Å²) in [6.45, 7) is 6.91. The largest absolute Gasteiger partial charge is 0.507 e. The molecule has 0 aliphatic rings. The molecule has 0 saturated heterocycles. The van der Waals surface area contributed by atoms with Crippen LogP contribution in [-0.2, 0) is 11.3 Å². The molecule has 0 radical (unpaired) electrons. The van der Waals surface area contributed by atoms with E-state index in [4.69, 9.17) is 4.74 Å². The second kappa shape index (κ2) is 7.36. The van der Waals surface area contributed by atoms with Crippen LogP contribution in [0.1, 0.15) is 36.7 Å². The summed E-state index contributed by atoms with van der Waals surface area (Å²) in [6, 6.07) is 2.55. The maximum absolute atomic E-state index is 13.6. The van der Waals surface area contributed by atoms with E-state index < -0.39 is 5.82 Å². The van der Waals surface area contributed by atoms with E-state index in [0.29, 0.717) is 25.3 Å². The van der Waals surface area contributed by atoms with Gasteiger partial charge in [0.1, 0.15) is 11.6 Å². The Balaban J connectivity index is 3.03. The molecule has 0 amide bonds. The van der Waals surface area contributed by atoms with Gasteiger partial charge in [-0.25, -0.2) is 4.39 Å². The minimum absolute atomic E-state index is 0.0236. The first-order valence-electron chi connectivity index (χ1n) is 6.62. The van der Waals surface area contributed by atoms with Gasteiger partial charge in [0, 0.05) is 31.8 Å². The summed E-state index contributed by atoms with van der Waals surface area (Å²) in [4.78, 5) is 13.4. The normalized spacial score (nSPS) is 11.3. The molecule has 4 nitrogen and oxygen atoms in total. The Morgan fingerprint density at radius 2 is 2.10 bits per heavy atom. The van der Waals surface area contributed by atoms with E-state index in [0.717, 1.165) is 6.07 Å². The van der Waals surface area contributed by atoms with Crippen LogP contribution in [-0.4, -0.2) is 42.1 Å². The number of carbonyl (C=O) groups is 1. The van der Waals surface area contributed by atoms with Gasteiger partial charge in [-0.05, 0) is 32.9 Å².